The Morgan fingerprint density at radius 3 is 2.64 bits per heavy atom. The molecule has 1 N–H and O–H groups in total. The molecule has 1 heterocycles. The summed E-state index contributed by atoms with van der Waals surface area (Å²) in [5.74, 6) is -0.255. The molecule has 1 aromatic rings. The summed E-state index contributed by atoms with van der Waals surface area (Å²) in [6.45, 7) is 2.07. The van der Waals surface area contributed by atoms with Gasteiger partial charge in [0.2, 0.25) is 0 Å². The molecular formula is C17H20N2O6. The molecule has 8 nitrogen and oxygen atoms in total. The number of benzene rings is 1. The van der Waals surface area contributed by atoms with E-state index in [1.165, 1.54) is 33.3 Å². The van der Waals surface area contributed by atoms with Crippen molar-refractivity contribution in [1.82, 2.24) is 10.2 Å². The number of imide groups is 1. The van der Waals surface area contributed by atoms with Crippen LogP contribution in [-0.4, -0.2) is 56.2 Å². The van der Waals surface area contributed by atoms with E-state index in [9.17, 15) is 14.4 Å². The Hall–Kier alpha value is -3.03. The van der Waals surface area contributed by atoms with Crippen molar-refractivity contribution in [2.45, 2.75) is 13.0 Å². The van der Waals surface area contributed by atoms with E-state index in [2.05, 4.69) is 5.32 Å². The molecule has 3 amide bonds. The average Bonchev–Trinajstić information content (AvgIpc) is 3.04. The molecule has 1 aromatic carbocycles. The fraction of sp³-hybridized carbons (Fsp3) is 0.353. The zero-order valence-corrected chi connectivity index (χ0v) is 14.3. The third-order valence-electron chi connectivity index (χ3n) is 3.60. The van der Waals surface area contributed by atoms with Crippen LogP contribution in [0, 0.1) is 0 Å². The molecule has 0 saturated carbocycles. The smallest absolute Gasteiger partial charge is 0.331 e. The summed E-state index contributed by atoms with van der Waals surface area (Å²) in [5, 5.41) is 2.51. The van der Waals surface area contributed by atoms with Crippen molar-refractivity contribution in [2.24, 2.45) is 0 Å². The van der Waals surface area contributed by atoms with E-state index in [4.69, 9.17) is 14.2 Å². The SMILES string of the molecule is COc1cccc(/C=C/C(=O)OC(C)C(=O)N2CCNC2=O)c1OC. The number of nitrogens with zero attached hydrogens (tertiary/aromatic N) is 1. The highest BCUT2D eigenvalue weighted by atomic mass is 16.5. The van der Waals surface area contributed by atoms with Crippen LogP contribution in [0.1, 0.15) is 12.5 Å². The number of amides is 3. The second-order valence-electron chi connectivity index (χ2n) is 5.22. The molecule has 0 aromatic heterocycles. The fourth-order valence-electron chi connectivity index (χ4n) is 2.37. The normalized spacial score (nSPS) is 15.0. The molecule has 2 rings (SSSR count). The quantitative estimate of drug-likeness (QED) is 0.613. The van der Waals surface area contributed by atoms with Crippen LogP contribution in [0.3, 0.4) is 0 Å². The van der Waals surface area contributed by atoms with Gasteiger partial charge in [0.1, 0.15) is 0 Å². The van der Waals surface area contributed by atoms with Gasteiger partial charge in [0.15, 0.2) is 17.6 Å². The van der Waals surface area contributed by atoms with E-state index in [0.29, 0.717) is 23.6 Å². The van der Waals surface area contributed by atoms with E-state index < -0.39 is 24.0 Å². The molecule has 1 aliphatic heterocycles. The summed E-state index contributed by atoms with van der Waals surface area (Å²) >= 11 is 0. The third-order valence-corrected chi connectivity index (χ3v) is 3.60. The molecule has 1 aliphatic rings. The van der Waals surface area contributed by atoms with Crippen molar-refractivity contribution >= 4 is 24.0 Å². The van der Waals surface area contributed by atoms with Crippen molar-refractivity contribution in [3.8, 4) is 11.5 Å². The Bertz CT molecular complexity index is 700. The zero-order valence-electron chi connectivity index (χ0n) is 14.3. The van der Waals surface area contributed by atoms with Crippen LogP contribution in [0.15, 0.2) is 24.3 Å². The summed E-state index contributed by atoms with van der Waals surface area (Å²) in [6.07, 6.45) is 1.63. The number of hydrogen-bond acceptors (Lipinski definition) is 6. The number of carbonyl (C=O) groups excluding carboxylic acids is 3. The monoisotopic (exact) mass is 348 g/mol. The van der Waals surface area contributed by atoms with Crippen molar-refractivity contribution in [3.63, 3.8) is 0 Å². The summed E-state index contributed by atoms with van der Waals surface area (Å²) < 4.78 is 15.5. The number of methoxy groups -OCH3 is 2. The van der Waals surface area contributed by atoms with Gasteiger partial charge in [0.25, 0.3) is 5.91 Å². The topological polar surface area (TPSA) is 94.2 Å². The van der Waals surface area contributed by atoms with Gasteiger partial charge in [0.05, 0.1) is 14.2 Å². The second-order valence-corrected chi connectivity index (χ2v) is 5.22. The molecule has 0 radical (unpaired) electrons. The fourth-order valence-corrected chi connectivity index (χ4v) is 2.37. The lowest BCUT2D eigenvalue weighted by Crippen LogP contribution is -2.41. The Labute approximate surface area is 145 Å². The first kappa shape index (κ1) is 18.3. The lowest BCUT2D eigenvalue weighted by molar-refractivity contribution is -0.153. The van der Waals surface area contributed by atoms with E-state index >= 15 is 0 Å². The molecule has 1 atom stereocenters. The first-order valence-electron chi connectivity index (χ1n) is 7.66. The maximum absolute atomic E-state index is 12.1. The summed E-state index contributed by atoms with van der Waals surface area (Å²) in [5.41, 5.74) is 0.622. The molecule has 8 heteroatoms. The summed E-state index contributed by atoms with van der Waals surface area (Å²) in [6, 6.07) is 4.75. The summed E-state index contributed by atoms with van der Waals surface area (Å²) in [4.78, 5) is 36.5. The van der Waals surface area contributed by atoms with Gasteiger partial charge < -0.3 is 19.5 Å². The second kappa shape index (κ2) is 8.18. The first-order chi connectivity index (χ1) is 12.0. The third kappa shape index (κ3) is 4.28. The number of nitrogens with one attached hydrogen (secondary N) is 1. The lowest BCUT2D eigenvalue weighted by Gasteiger charge is -2.17. The Morgan fingerprint density at radius 1 is 1.28 bits per heavy atom. The first-order valence-corrected chi connectivity index (χ1v) is 7.66. The van der Waals surface area contributed by atoms with E-state index in [0.717, 1.165) is 4.90 Å². The highest BCUT2D eigenvalue weighted by Crippen LogP contribution is 2.31. The predicted molar refractivity (Wildman–Crippen MR) is 89.2 cm³/mol. The Morgan fingerprint density at radius 2 is 2.04 bits per heavy atom. The number of rotatable bonds is 6. The molecule has 134 valence electrons. The van der Waals surface area contributed by atoms with Gasteiger partial charge in [-0.2, -0.15) is 0 Å². The van der Waals surface area contributed by atoms with Crippen molar-refractivity contribution in [2.75, 3.05) is 27.3 Å². The van der Waals surface area contributed by atoms with Gasteiger partial charge in [-0.25, -0.2) is 9.59 Å². The van der Waals surface area contributed by atoms with E-state index in [1.54, 1.807) is 18.2 Å². The number of urea groups is 1. The number of esters is 1. The van der Waals surface area contributed by atoms with Gasteiger partial charge in [0, 0.05) is 24.7 Å². The molecule has 1 saturated heterocycles. The maximum Gasteiger partial charge on any atom is 0.331 e. The van der Waals surface area contributed by atoms with Gasteiger partial charge in [-0.3, -0.25) is 9.69 Å². The Kier molecular flexibility index (Phi) is 5.99. The van der Waals surface area contributed by atoms with Crippen LogP contribution in [0.25, 0.3) is 6.08 Å². The minimum absolute atomic E-state index is 0.260. The highest BCUT2D eigenvalue weighted by Gasteiger charge is 2.31. The van der Waals surface area contributed by atoms with E-state index in [1.807, 2.05) is 0 Å². The van der Waals surface area contributed by atoms with Crippen LogP contribution in [0.4, 0.5) is 4.79 Å². The van der Waals surface area contributed by atoms with Crippen molar-refractivity contribution in [3.05, 3.63) is 29.8 Å². The van der Waals surface area contributed by atoms with Crippen molar-refractivity contribution < 1.29 is 28.6 Å². The van der Waals surface area contributed by atoms with Gasteiger partial charge in [-0.05, 0) is 19.1 Å². The minimum Gasteiger partial charge on any atom is -0.493 e. The number of ether oxygens (including phenoxy) is 3. The lowest BCUT2D eigenvalue weighted by atomic mass is 10.1. The molecule has 0 aliphatic carbocycles. The van der Waals surface area contributed by atoms with Gasteiger partial charge in [-0.1, -0.05) is 12.1 Å². The van der Waals surface area contributed by atoms with Gasteiger partial charge in [-0.15, -0.1) is 0 Å². The average molecular weight is 348 g/mol. The molecule has 1 unspecified atom stereocenters. The predicted octanol–water partition coefficient (Wildman–Crippen LogP) is 1.20. The highest BCUT2D eigenvalue weighted by molar-refractivity contribution is 5.99. The number of carbonyl (C=O) groups is 3. The van der Waals surface area contributed by atoms with Gasteiger partial charge >= 0.3 is 12.0 Å². The van der Waals surface area contributed by atoms with Crippen molar-refractivity contribution in [1.29, 1.82) is 0 Å². The van der Waals surface area contributed by atoms with Crippen LogP contribution in [0.5, 0.6) is 11.5 Å². The van der Waals surface area contributed by atoms with Crippen LogP contribution >= 0.6 is 0 Å². The molecule has 0 bridgehead atoms. The molecular weight excluding hydrogens is 328 g/mol. The maximum atomic E-state index is 12.1. The summed E-state index contributed by atoms with van der Waals surface area (Å²) in [7, 11) is 3.01. The standard InChI is InChI=1S/C17H20N2O6/c1-11(16(21)19-10-9-18-17(19)22)25-14(20)8-7-12-5-4-6-13(23-2)15(12)24-3/h4-8,11H,9-10H2,1-3H3,(H,18,22)/b8-7+. The molecule has 0 spiro atoms. The Balaban J connectivity index is 2.01. The zero-order chi connectivity index (χ0) is 18.4. The number of para-hydroxylation sites is 1. The largest absolute Gasteiger partial charge is 0.493 e. The van der Waals surface area contributed by atoms with E-state index in [-0.39, 0.29) is 6.54 Å². The van der Waals surface area contributed by atoms with Crippen LogP contribution in [-0.2, 0) is 14.3 Å². The van der Waals surface area contributed by atoms with Crippen LogP contribution < -0.4 is 14.8 Å². The minimum atomic E-state index is -1.06. The number of hydrogen-bond donors (Lipinski definition) is 1. The van der Waals surface area contributed by atoms with Crippen LogP contribution in [0.2, 0.25) is 0 Å². The molecule has 25 heavy (non-hydrogen) atoms. The molecule has 1 fully saturated rings.